The number of rotatable bonds is 11. The fourth-order valence-electron chi connectivity index (χ4n) is 5.90. The summed E-state index contributed by atoms with van der Waals surface area (Å²) in [6.07, 6.45) is -14.6. The van der Waals surface area contributed by atoms with Crippen LogP contribution in [0.5, 0.6) is 28.7 Å². The van der Waals surface area contributed by atoms with Crippen LogP contribution in [0.15, 0.2) is 76.0 Å². The van der Waals surface area contributed by atoms with Crippen molar-refractivity contribution in [2.45, 2.75) is 61.4 Å². The first-order chi connectivity index (χ1) is 26.3. The molecular weight excluding hydrogens is 732 g/mol. The van der Waals surface area contributed by atoms with Crippen LogP contribution in [0.4, 0.5) is 0 Å². The summed E-state index contributed by atoms with van der Waals surface area (Å²) in [7, 11) is 1.36. The molecule has 2 fully saturated rings. The molecule has 0 radical (unpaired) electrons. The zero-order valence-corrected chi connectivity index (χ0v) is 28.8. The lowest BCUT2D eigenvalue weighted by molar-refractivity contribution is -0.278. The van der Waals surface area contributed by atoms with Gasteiger partial charge in [0.05, 0.1) is 19.3 Å². The molecule has 0 saturated carbocycles. The molecule has 18 nitrogen and oxygen atoms in total. The quantitative estimate of drug-likeness (QED) is 0.0683. The number of benzene rings is 3. The van der Waals surface area contributed by atoms with Crippen molar-refractivity contribution in [3.8, 4) is 51.4 Å². The van der Waals surface area contributed by atoms with Crippen molar-refractivity contribution < 1.29 is 83.6 Å². The summed E-state index contributed by atoms with van der Waals surface area (Å²) in [4.78, 5) is 25.3. The smallest absolute Gasteiger partial charge is 0.330 e. The molecule has 9 N–H and O–H groups in total. The van der Waals surface area contributed by atoms with E-state index < -0.39 is 86.0 Å². The van der Waals surface area contributed by atoms with Crippen molar-refractivity contribution in [2.75, 3.05) is 20.3 Å². The summed E-state index contributed by atoms with van der Waals surface area (Å²) in [5, 5.41) is 92.7. The number of carbonyl (C=O) groups excluding carboxylic acids is 1. The third kappa shape index (κ3) is 8.52. The van der Waals surface area contributed by atoms with Crippen LogP contribution in [0, 0.1) is 0 Å². The van der Waals surface area contributed by atoms with Crippen LogP contribution < -0.4 is 19.6 Å². The number of hydrogen-bond donors (Lipinski definition) is 9. The molecule has 1 aliphatic carbocycles. The molecule has 2 aromatic rings. The van der Waals surface area contributed by atoms with Crippen molar-refractivity contribution in [1.82, 2.24) is 0 Å². The summed E-state index contributed by atoms with van der Waals surface area (Å²) < 4.78 is 39.4. The average molecular weight is 771 g/mol. The van der Waals surface area contributed by atoms with Gasteiger partial charge in [-0.05, 0) is 54.1 Å². The standard InChI is InChI=1S/C37H38O18/c1-49-24-10-16(2-8-21(24)41)3-9-28(42)50-15-27-30(44)32(46)34(48)37(55-27)53-25-13-20-22(51-35(25)17-4-6-18(39)7-5-17)11-19(40)12-23(20)52-36-33(47)31(45)29(43)26(14-38)54-36/h2-13,26-27,29-34,36-39,41,43-48H,14-15H2,1H3. The van der Waals surface area contributed by atoms with E-state index in [0.717, 1.165) is 18.2 Å². The van der Waals surface area contributed by atoms with Gasteiger partial charge in [-0.3, -0.25) is 4.79 Å². The van der Waals surface area contributed by atoms with Crippen LogP contribution in [-0.4, -0.2) is 134 Å². The highest BCUT2D eigenvalue weighted by Gasteiger charge is 2.47. The molecular formula is C37H38O18. The Morgan fingerprint density at radius 1 is 0.745 bits per heavy atom. The number of aliphatic hydroxyl groups is 7. The molecule has 10 unspecified atom stereocenters. The van der Waals surface area contributed by atoms with Crippen LogP contribution in [0.3, 0.4) is 0 Å². The number of carbonyl (C=O) groups is 1. The maximum Gasteiger partial charge on any atom is 0.330 e. The Morgan fingerprint density at radius 3 is 2.04 bits per heavy atom. The molecule has 3 heterocycles. The third-order valence-electron chi connectivity index (χ3n) is 8.93. The van der Waals surface area contributed by atoms with E-state index in [2.05, 4.69) is 0 Å². The van der Waals surface area contributed by atoms with E-state index in [1.165, 1.54) is 61.7 Å². The molecule has 4 aliphatic rings. The number of methoxy groups -OCH3 is 1. The van der Waals surface area contributed by atoms with Crippen LogP contribution in [-0.2, 0) is 19.0 Å². The highest BCUT2D eigenvalue weighted by molar-refractivity contribution is 5.87. The fraction of sp³-hybridized carbons (Fsp3) is 0.351. The Bertz CT molecular complexity index is 2010. The van der Waals surface area contributed by atoms with Crippen LogP contribution in [0.25, 0.3) is 28.7 Å². The molecule has 55 heavy (non-hydrogen) atoms. The van der Waals surface area contributed by atoms with Gasteiger partial charge >= 0.3 is 5.97 Å². The zero-order chi connectivity index (χ0) is 39.6. The molecule has 6 rings (SSSR count). The van der Waals surface area contributed by atoms with Gasteiger partial charge in [0.25, 0.3) is 0 Å². The summed E-state index contributed by atoms with van der Waals surface area (Å²) in [5.74, 6) is -1.52. The number of aromatic hydroxyl groups is 2. The Balaban J connectivity index is 1.28. The van der Waals surface area contributed by atoms with Gasteiger partial charge in [0.2, 0.25) is 12.6 Å². The molecule has 0 bridgehead atoms. The number of ether oxygens (including phenoxy) is 6. The molecule has 294 valence electrons. The molecule has 18 heteroatoms. The third-order valence-corrected chi connectivity index (χ3v) is 8.93. The van der Waals surface area contributed by atoms with Gasteiger partial charge in [0.15, 0.2) is 28.4 Å². The molecule has 3 aliphatic heterocycles. The van der Waals surface area contributed by atoms with Crippen LogP contribution in [0.1, 0.15) is 5.56 Å². The van der Waals surface area contributed by atoms with Gasteiger partial charge in [-0.1, -0.05) is 6.07 Å². The molecule has 10 atom stereocenters. The Kier molecular flexibility index (Phi) is 11.9. The van der Waals surface area contributed by atoms with E-state index in [0.29, 0.717) is 5.56 Å². The predicted octanol–water partition coefficient (Wildman–Crippen LogP) is -0.547. The van der Waals surface area contributed by atoms with Crippen molar-refractivity contribution >= 4 is 12.0 Å². The van der Waals surface area contributed by atoms with Crippen molar-refractivity contribution in [3.63, 3.8) is 0 Å². The molecule has 2 saturated heterocycles. The first-order valence-electron chi connectivity index (χ1n) is 16.7. The molecule has 0 spiro atoms. The highest BCUT2D eigenvalue weighted by Crippen LogP contribution is 2.43. The summed E-state index contributed by atoms with van der Waals surface area (Å²) in [6, 6.07) is 13.3. The van der Waals surface area contributed by atoms with Crippen molar-refractivity contribution in [2.24, 2.45) is 0 Å². The minimum atomic E-state index is -1.89. The Hall–Kier alpha value is -5.28. The Morgan fingerprint density at radius 2 is 1.38 bits per heavy atom. The van der Waals surface area contributed by atoms with Gasteiger partial charge in [-0.25, -0.2) is 4.79 Å². The average Bonchev–Trinajstić information content (AvgIpc) is 3.17. The topological polar surface area (TPSA) is 285 Å². The summed E-state index contributed by atoms with van der Waals surface area (Å²) in [6.45, 7) is -1.35. The van der Waals surface area contributed by atoms with Crippen molar-refractivity contribution in [1.29, 1.82) is 0 Å². The number of fused-ring (bicyclic) bond motifs is 1. The van der Waals surface area contributed by atoms with Crippen LogP contribution in [0.2, 0.25) is 0 Å². The lowest BCUT2D eigenvalue weighted by atomic mass is 9.99. The molecule has 0 aromatic heterocycles. The molecule has 2 aromatic carbocycles. The van der Waals surface area contributed by atoms with E-state index in [9.17, 15) is 55.5 Å². The van der Waals surface area contributed by atoms with Gasteiger partial charge in [-0.15, -0.1) is 0 Å². The summed E-state index contributed by atoms with van der Waals surface area (Å²) in [5.41, 5.74) is 0.172. The number of aliphatic hydroxyl groups excluding tert-OH is 7. The van der Waals surface area contributed by atoms with E-state index in [4.69, 9.17) is 32.8 Å². The minimum Gasteiger partial charge on any atom is -0.508 e. The fourth-order valence-corrected chi connectivity index (χ4v) is 5.90. The first-order valence-corrected chi connectivity index (χ1v) is 16.7. The van der Waals surface area contributed by atoms with Gasteiger partial charge in [0, 0.05) is 23.8 Å². The zero-order valence-electron chi connectivity index (χ0n) is 28.8. The van der Waals surface area contributed by atoms with E-state index in [1.54, 1.807) is 0 Å². The number of esters is 1. The van der Waals surface area contributed by atoms with Gasteiger partial charge in [0.1, 0.15) is 72.7 Å². The van der Waals surface area contributed by atoms with Crippen LogP contribution >= 0.6 is 0 Å². The lowest BCUT2D eigenvalue weighted by Gasteiger charge is -2.40. The Labute approximate surface area is 311 Å². The van der Waals surface area contributed by atoms with E-state index in [-0.39, 0.29) is 51.4 Å². The number of hydrogen-bond acceptors (Lipinski definition) is 18. The monoisotopic (exact) mass is 770 g/mol. The summed E-state index contributed by atoms with van der Waals surface area (Å²) >= 11 is 0. The first kappa shape index (κ1) is 39.4. The van der Waals surface area contributed by atoms with Gasteiger partial charge in [-0.2, -0.15) is 0 Å². The van der Waals surface area contributed by atoms with E-state index in [1.807, 2.05) is 0 Å². The number of phenols is 2. The minimum absolute atomic E-state index is 0.0171. The lowest BCUT2D eigenvalue weighted by Crippen LogP contribution is -2.60. The largest absolute Gasteiger partial charge is 0.508 e. The van der Waals surface area contributed by atoms with E-state index >= 15 is 0 Å². The predicted molar refractivity (Wildman–Crippen MR) is 185 cm³/mol. The number of phenolic OH excluding ortho intramolecular Hbond substituents is 2. The van der Waals surface area contributed by atoms with Gasteiger partial charge < -0.3 is 78.8 Å². The second kappa shape index (κ2) is 16.6. The second-order valence-electron chi connectivity index (χ2n) is 12.7. The SMILES string of the molecule is COc1cc(C=CC(=O)OCC2OC(Oc3cc4c(OC5OC(CO)C(O)C(O)C5O)cc(=O)cc-4oc3-c3ccc(O)cc3)C(O)C(O)C2O)ccc1O. The maximum atomic E-state index is 12.8. The highest BCUT2D eigenvalue weighted by atomic mass is 16.7. The maximum absolute atomic E-state index is 12.8. The second-order valence-corrected chi connectivity index (χ2v) is 12.7. The van der Waals surface area contributed by atoms with Crippen molar-refractivity contribution in [3.05, 3.63) is 82.5 Å². The molecule has 0 amide bonds. The normalized spacial score (nSPS) is 28.2.